The van der Waals surface area contributed by atoms with Crippen molar-refractivity contribution in [3.8, 4) is 0 Å². The average Bonchev–Trinajstić information content (AvgIpc) is 2.82. The first-order valence-corrected chi connectivity index (χ1v) is 5.72. The third-order valence-corrected chi connectivity index (χ3v) is 2.76. The van der Waals surface area contributed by atoms with Crippen LogP contribution in [0.2, 0.25) is 0 Å². The number of nitrogens with one attached hydrogen (secondary N) is 2. The van der Waals surface area contributed by atoms with Crippen LogP contribution in [0.25, 0.3) is 11.2 Å². The SMILES string of the molecule is CCC(CC)NC(=O)c1cnc2n[nH]nc2c1. The van der Waals surface area contributed by atoms with Crippen molar-refractivity contribution in [3.05, 3.63) is 17.8 Å². The molecule has 17 heavy (non-hydrogen) atoms. The molecule has 2 heterocycles. The number of nitrogens with zero attached hydrogens (tertiary/aromatic N) is 3. The first-order valence-electron chi connectivity index (χ1n) is 5.72. The summed E-state index contributed by atoms with van der Waals surface area (Å²) in [4.78, 5) is 16.0. The summed E-state index contributed by atoms with van der Waals surface area (Å²) in [5, 5.41) is 13.2. The van der Waals surface area contributed by atoms with Crippen molar-refractivity contribution >= 4 is 17.1 Å². The molecule has 0 unspecified atom stereocenters. The predicted octanol–water partition coefficient (Wildman–Crippen LogP) is 1.27. The minimum atomic E-state index is -0.115. The zero-order valence-electron chi connectivity index (χ0n) is 9.90. The molecular formula is C11H15N5O. The minimum absolute atomic E-state index is 0.115. The van der Waals surface area contributed by atoms with Gasteiger partial charge in [-0.15, -0.1) is 5.10 Å². The molecule has 0 radical (unpaired) electrons. The largest absolute Gasteiger partial charge is 0.349 e. The van der Waals surface area contributed by atoms with Gasteiger partial charge in [-0.1, -0.05) is 13.8 Å². The molecule has 2 rings (SSSR count). The van der Waals surface area contributed by atoms with Crippen molar-refractivity contribution < 1.29 is 4.79 Å². The molecule has 0 bridgehead atoms. The Morgan fingerprint density at radius 1 is 1.41 bits per heavy atom. The third kappa shape index (κ3) is 2.41. The van der Waals surface area contributed by atoms with Crippen LogP contribution in [-0.2, 0) is 0 Å². The Hall–Kier alpha value is -1.98. The van der Waals surface area contributed by atoms with Crippen LogP contribution in [0.5, 0.6) is 0 Å². The van der Waals surface area contributed by atoms with E-state index in [4.69, 9.17) is 0 Å². The minimum Gasteiger partial charge on any atom is -0.349 e. The van der Waals surface area contributed by atoms with Crippen LogP contribution in [0.1, 0.15) is 37.0 Å². The highest BCUT2D eigenvalue weighted by Gasteiger charge is 2.12. The number of hydrogen-bond acceptors (Lipinski definition) is 4. The zero-order valence-corrected chi connectivity index (χ0v) is 9.90. The number of amides is 1. The quantitative estimate of drug-likeness (QED) is 0.833. The van der Waals surface area contributed by atoms with Crippen molar-refractivity contribution in [1.29, 1.82) is 0 Å². The number of carbonyl (C=O) groups excluding carboxylic acids is 1. The van der Waals surface area contributed by atoms with Crippen LogP contribution in [0.4, 0.5) is 0 Å². The van der Waals surface area contributed by atoms with E-state index in [-0.39, 0.29) is 11.9 Å². The Bertz CT molecular complexity index is 517. The number of aromatic nitrogens is 4. The van der Waals surface area contributed by atoms with Gasteiger partial charge in [0.2, 0.25) is 5.65 Å². The lowest BCUT2D eigenvalue weighted by atomic mass is 10.1. The number of H-pyrrole nitrogens is 1. The van der Waals surface area contributed by atoms with E-state index >= 15 is 0 Å². The molecule has 2 N–H and O–H groups in total. The van der Waals surface area contributed by atoms with Crippen LogP contribution < -0.4 is 5.32 Å². The van der Waals surface area contributed by atoms with Crippen LogP contribution in [0.15, 0.2) is 12.3 Å². The second-order valence-electron chi connectivity index (χ2n) is 3.88. The van der Waals surface area contributed by atoms with Gasteiger partial charge in [0, 0.05) is 12.2 Å². The number of carbonyl (C=O) groups is 1. The van der Waals surface area contributed by atoms with Gasteiger partial charge < -0.3 is 5.32 Å². The van der Waals surface area contributed by atoms with Gasteiger partial charge in [0.25, 0.3) is 5.91 Å². The maximum absolute atomic E-state index is 11.9. The maximum Gasteiger partial charge on any atom is 0.253 e. The summed E-state index contributed by atoms with van der Waals surface area (Å²) < 4.78 is 0. The highest BCUT2D eigenvalue weighted by Crippen LogP contribution is 2.08. The fraction of sp³-hybridized carbons (Fsp3) is 0.455. The lowest BCUT2D eigenvalue weighted by molar-refractivity contribution is 0.0934. The monoisotopic (exact) mass is 233 g/mol. The summed E-state index contributed by atoms with van der Waals surface area (Å²) in [7, 11) is 0. The Morgan fingerprint density at radius 2 is 2.18 bits per heavy atom. The van der Waals surface area contributed by atoms with Gasteiger partial charge in [-0.05, 0) is 18.9 Å². The fourth-order valence-corrected chi connectivity index (χ4v) is 1.63. The van der Waals surface area contributed by atoms with Gasteiger partial charge >= 0.3 is 0 Å². The smallest absolute Gasteiger partial charge is 0.253 e. The van der Waals surface area contributed by atoms with E-state index < -0.39 is 0 Å². The van der Waals surface area contributed by atoms with E-state index in [1.54, 1.807) is 6.07 Å². The van der Waals surface area contributed by atoms with Crippen molar-refractivity contribution in [2.75, 3.05) is 0 Å². The standard InChI is InChI=1S/C11H15N5O/c1-3-8(4-2)13-11(17)7-5-9-10(12-6-7)15-16-14-9/h5-6,8H,3-4H2,1-2H3,(H,13,17)(H,12,14,15,16). The molecule has 0 aliphatic rings. The molecule has 6 nitrogen and oxygen atoms in total. The number of pyridine rings is 1. The molecule has 0 aromatic carbocycles. The van der Waals surface area contributed by atoms with Gasteiger partial charge in [0.05, 0.1) is 5.56 Å². The molecule has 0 saturated heterocycles. The van der Waals surface area contributed by atoms with Gasteiger partial charge in [0.1, 0.15) is 5.52 Å². The summed E-state index contributed by atoms with van der Waals surface area (Å²) in [6, 6.07) is 1.89. The van der Waals surface area contributed by atoms with E-state index in [0.717, 1.165) is 12.8 Å². The van der Waals surface area contributed by atoms with Gasteiger partial charge in [-0.2, -0.15) is 10.3 Å². The van der Waals surface area contributed by atoms with Gasteiger partial charge in [0.15, 0.2) is 0 Å². The zero-order chi connectivity index (χ0) is 12.3. The van der Waals surface area contributed by atoms with Gasteiger partial charge in [-0.25, -0.2) is 4.98 Å². The molecule has 0 atom stereocenters. The molecule has 1 amide bonds. The van der Waals surface area contributed by atoms with Crippen LogP contribution >= 0.6 is 0 Å². The molecule has 0 saturated carbocycles. The fourth-order valence-electron chi connectivity index (χ4n) is 1.63. The van der Waals surface area contributed by atoms with Crippen LogP contribution in [-0.4, -0.2) is 32.3 Å². The van der Waals surface area contributed by atoms with Gasteiger partial charge in [-0.3, -0.25) is 4.79 Å². The Kier molecular flexibility index (Phi) is 3.32. The molecule has 90 valence electrons. The van der Waals surface area contributed by atoms with Crippen molar-refractivity contribution in [1.82, 2.24) is 25.7 Å². The summed E-state index contributed by atoms with van der Waals surface area (Å²) >= 11 is 0. The molecule has 0 fully saturated rings. The highest BCUT2D eigenvalue weighted by molar-refractivity contribution is 5.96. The summed E-state index contributed by atoms with van der Waals surface area (Å²) in [5.41, 5.74) is 1.63. The van der Waals surface area contributed by atoms with E-state index in [1.807, 2.05) is 13.8 Å². The van der Waals surface area contributed by atoms with E-state index in [0.29, 0.717) is 16.7 Å². The second kappa shape index (κ2) is 4.90. The van der Waals surface area contributed by atoms with E-state index in [1.165, 1.54) is 6.20 Å². The normalized spacial score (nSPS) is 11.0. The number of fused-ring (bicyclic) bond motifs is 1. The van der Waals surface area contributed by atoms with Crippen LogP contribution in [0.3, 0.4) is 0 Å². The first kappa shape index (κ1) is 11.5. The summed E-state index contributed by atoms with van der Waals surface area (Å²) in [5.74, 6) is -0.115. The van der Waals surface area contributed by atoms with E-state index in [9.17, 15) is 4.79 Å². The lowest BCUT2D eigenvalue weighted by Crippen LogP contribution is -2.33. The van der Waals surface area contributed by atoms with E-state index in [2.05, 4.69) is 25.7 Å². The second-order valence-corrected chi connectivity index (χ2v) is 3.88. The molecular weight excluding hydrogens is 218 g/mol. The lowest BCUT2D eigenvalue weighted by Gasteiger charge is -2.14. The Balaban J connectivity index is 2.18. The van der Waals surface area contributed by atoms with Crippen molar-refractivity contribution in [2.45, 2.75) is 32.7 Å². The molecule has 2 aromatic rings. The predicted molar refractivity (Wildman–Crippen MR) is 63.5 cm³/mol. The number of hydrogen-bond donors (Lipinski definition) is 2. The Labute approximate surface area is 98.8 Å². The molecule has 0 aliphatic carbocycles. The molecule has 0 spiro atoms. The molecule has 6 heteroatoms. The molecule has 2 aromatic heterocycles. The number of rotatable bonds is 4. The number of aromatic amines is 1. The maximum atomic E-state index is 11.9. The summed E-state index contributed by atoms with van der Waals surface area (Å²) in [6.45, 7) is 4.10. The van der Waals surface area contributed by atoms with Crippen molar-refractivity contribution in [3.63, 3.8) is 0 Å². The molecule has 0 aliphatic heterocycles. The van der Waals surface area contributed by atoms with Crippen LogP contribution in [0, 0.1) is 0 Å². The van der Waals surface area contributed by atoms with Crippen molar-refractivity contribution in [2.24, 2.45) is 0 Å². The third-order valence-electron chi connectivity index (χ3n) is 2.76. The average molecular weight is 233 g/mol. The highest BCUT2D eigenvalue weighted by atomic mass is 16.1. The topological polar surface area (TPSA) is 83.6 Å². The summed E-state index contributed by atoms with van der Waals surface area (Å²) in [6.07, 6.45) is 3.35. The first-order chi connectivity index (χ1) is 8.24. The Morgan fingerprint density at radius 3 is 2.88 bits per heavy atom.